The van der Waals surface area contributed by atoms with Crippen LogP contribution in [-0.4, -0.2) is 97.0 Å². The zero-order valence-corrected chi connectivity index (χ0v) is 28.2. The quantitative estimate of drug-likeness (QED) is 0.229. The van der Waals surface area contributed by atoms with Crippen molar-refractivity contribution in [2.24, 2.45) is 10.8 Å². The Kier molecular flexibility index (Phi) is 7.69. The lowest BCUT2D eigenvalue weighted by molar-refractivity contribution is -0.351. The molecule has 1 aliphatic heterocycles. The minimum atomic E-state index is -4.32. The summed E-state index contributed by atoms with van der Waals surface area (Å²) in [6.45, 7) is 3.11. The standard InChI is InChI=1S/C34H34F3N9O6/c1-3-21-25(43-10-12-44(13-11-43)28(48)24-22(47)5-4-20-26(24)52-18-40-20)29(49)46-31(41-27(42-46)19-6-7-38-23(14-19)51-2)45(21)9-8-39-30(50)32-15-33(16-32,17-32)34(35,36)37/h4-7,14,18,47H,3,8-13,15-17H2,1-2H3,(H,39,50). The van der Waals surface area contributed by atoms with Gasteiger partial charge in [0.05, 0.1) is 17.9 Å². The van der Waals surface area contributed by atoms with Crippen molar-refractivity contribution in [3.05, 3.63) is 58.5 Å². The SMILES string of the molecule is CCc1c(N2CCN(C(=O)c3c(O)ccc4ncoc34)CC2)c(=O)n2nc(-c3ccnc(OC)c3)nc2n1CCNC(=O)C12CC(C(F)(F)F)(C1)C2. The number of pyridine rings is 1. The summed E-state index contributed by atoms with van der Waals surface area (Å²) in [5, 5.41) is 17.9. The number of halogens is 3. The normalized spacial score (nSPS) is 21.2. The number of rotatable bonds is 9. The van der Waals surface area contributed by atoms with Crippen LogP contribution in [-0.2, 0) is 17.8 Å². The van der Waals surface area contributed by atoms with Gasteiger partial charge in [0.2, 0.25) is 17.6 Å². The summed E-state index contributed by atoms with van der Waals surface area (Å²) in [5.41, 5.74) is -1.02. The molecule has 3 saturated carbocycles. The third-order valence-electron chi connectivity index (χ3n) is 10.7. The summed E-state index contributed by atoms with van der Waals surface area (Å²) in [6, 6.07) is 6.26. The number of oxazole rings is 1. The molecule has 4 aromatic heterocycles. The molecule has 4 fully saturated rings. The Labute approximate surface area is 293 Å². The summed E-state index contributed by atoms with van der Waals surface area (Å²) in [6.07, 6.45) is -1.80. The second-order valence-corrected chi connectivity index (χ2v) is 13.6. The number of carbonyl (C=O) groups excluding carboxylic acids is 2. The number of amides is 2. The molecule has 1 saturated heterocycles. The maximum absolute atomic E-state index is 14.3. The molecule has 272 valence electrons. The summed E-state index contributed by atoms with van der Waals surface area (Å²) in [7, 11) is 1.47. The van der Waals surface area contributed by atoms with E-state index in [9.17, 15) is 32.7 Å². The smallest absolute Gasteiger partial charge is 0.394 e. The number of hydrogen-bond donors (Lipinski definition) is 2. The highest BCUT2D eigenvalue weighted by molar-refractivity contribution is 6.06. The molecule has 5 aromatic rings. The molecule has 4 aliphatic rings. The molecule has 2 amide bonds. The Hall–Kier alpha value is -5.68. The van der Waals surface area contributed by atoms with Crippen LogP contribution in [0.3, 0.4) is 0 Å². The number of phenolic OH excluding ortho intramolecular Hbond substituents is 1. The zero-order valence-electron chi connectivity index (χ0n) is 28.2. The molecule has 0 radical (unpaired) electrons. The number of fused-ring (bicyclic) bond motifs is 2. The Morgan fingerprint density at radius 1 is 1.10 bits per heavy atom. The van der Waals surface area contributed by atoms with E-state index in [2.05, 4.69) is 20.4 Å². The second-order valence-electron chi connectivity index (χ2n) is 13.6. The first-order chi connectivity index (χ1) is 24.9. The number of methoxy groups -OCH3 is 1. The van der Waals surface area contributed by atoms with Gasteiger partial charge >= 0.3 is 6.18 Å². The fourth-order valence-corrected chi connectivity index (χ4v) is 7.99. The minimum absolute atomic E-state index is 0.0128. The van der Waals surface area contributed by atoms with E-state index in [0.29, 0.717) is 34.8 Å². The van der Waals surface area contributed by atoms with Crippen molar-refractivity contribution >= 4 is 34.4 Å². The van der Waals surface area contributed by atoms with E-state index in [0.717, 1.165) is 0 Å². The number of carbonyl (C=O) groups is 2. The summed E-state index contributed by atoms with van der Waals surface area (Å²) in [5.74, 6) is -0.293. The van der Waals surface area contributed by atoms with Gasteiger partial charge < -0.3 is 33.9 Å². The molecule has 15 nitrogen and oxygen atoms in total. The van der Waals surface area contributed by atoms with E-state index in [1.807, 2.05) is 11.8 Å². The van der Waals surface area contributed by atoms with E-state index in [4.69, 9.17) is 14.1 Å². The summed E-state index contributed by atoms with van der Waals surface area (Å²) < 4.78 is 53.9. The van der Waals surface area contributed by atoms with Crippen molar-refractivity contribution in [2.75, 3.05) is 44.7 Å². The van der Waals surface area contributed by atoms with Crippen LogP contribution in [0.25, 0.3) is 28.3 Å². The van der Waals surface area contributed by atoms with E-state index in [1.165, 1.54) is 30.3 Å². The van der Waals surface area contributed by atoms with Crippen molar-refractivity contribution < 1.29 is 37.0 Å². The number of phenols is 1. The van der Waals surface area contributed by atoms with Gasteiger partial charge in [0.25, 0.3) is 11.5 Å². The topological polar surface area (TPSA) is 173 Å². The molecule has 0 atom stereocenters. The van der Waals surface area contributed by atoms with Crippen LogP contribution in [0, 0.1) is 10.8 Å². The molecule has 2 N–H and O–H groups in total. The van der Waals surface area contributed by atoms with Crippen molar-refractivity contribution in [1.29, 1.82) is 0 Å². The van der Waals surface area contributed by atoms with Gasteiger partial charge in [0, 0.05) is 62.8 Å². The molecular formula is C34H34F3N9O6. The number of aromatic hydroxyl groups is 1. The highest BCUT2D eigenvalue weighted by atomic mass is 19.4. The van der Waals surface area contributed by atoms with Crippen molar-refractivity contribution in [1.82, 2.24) is 39.3 Å². The zero-order chi connectivity index (χ0) is 36.6. The van der Waals surface area contributed by atoms with Gasteiger partial charge in [-0.15, -0.1) is 5.10 Å². The number of nitrogens with zero attached hydrogens (tertiary/aromatic N) is 8. The number of aromatic nitrogens is 6. The molecular weight excluding hydrogens is 687 g/mol. The number of piperazine rings is 1. The van der Waals surface area contributed by atoms with Gasteiger partial charge in [-0.2, -0.15) is 22.7 Å². The second kappa shape index (κ2) is 11.9. The maximum atomic E-state index is 14.3. The molecule has 3 aliphatic carbocycles. The molecule has 1 aromatic carbocycles. The third-order valence-corrected chi connectivity index (χ3v) is 10.7. The van der Waals surface area contributed by atoms with Gasteiger partial charge in [-0.3, -0.25) is 14.4 Å². The molecule has 2 bridgehead atoms. The van der Waals surface area contributed by atoms with Crippen LogP contribution in [0.2, 0.25) is 0 Å². The molecule has 5 heterocycles. The Morgan fingerprint density at radius 2 is 1.85 bits per heavy atom. The fourth-order valence-electron chi connectivity index (χ4n) is 7.99. The van der Waals surface area contributed by atoms with Gasteiger partial charge in [0.15, 0.2) is 17.8 Å². The lowest BCUT2D eigenvalue weighted by Crippen LogP contribution is -2.72. The Bertz CT molecular complexity index is 2290. The number of ether oxygens (including phenoxy) is 1. The first-order valence-electron chi connectivity index (χ1n) is 16.9. The van der Waals surface area contributed by atoms with Crippen LogP contribution < -0.4 is 20.5 Å². The van der Waals surface area contributed by atoms with Gasteiger partial charge in [-0.05, 0) is 43.9 Å². The average Bonchev–Trinajstić information content (AvgIpc) is 3.75. The van der Waals surface area contributed by atoms with Crippen LogP contribution in [0.1, 0.15) is 42.2 Å². The van der Waals surface area contributed by atoms with E-state index >= 15 is 0 Å². The number of alkyl halides is 3. The van der Waals surface area contributed by atoms with Crippen LogP contribution in [0.5, 0.6) is 11.6 Å². The highest BCUT2D eigenvalue weighted by Crippen LogP contribution is 2.78. The monoisotopic (exact) mass is 721 g/mol. The third kappa shape index (κ3) is 5.05. The van der Waals surface area contributed by atoms with Crippen molar-refractivity contribution in [2.45, 2.75) is 45.3 Å². The largest absolute Gasteiger partial charge is 0.507 e. The van der Waals surface area contributed by atoms with E-state index < -0.39 is 34.4 Å². The van der Waals surface area contributed by atoms with Gasteiger partial charge in [0.1, 0.15) is 22.5 Å². The molecule has 0 spiro atoms. The van der Waals surface area contributed by atoms with Crippen molar-refractivity contribution in [3.63, 3.8) is 0 Å². The molecule has 0 unspecified atom stereocenters. The van der Waals surface area contributed by atoms with Crippen LogP contribution in [0.4, 0.5) is 18.9 Å². The fraction of sp³-hybridized carbons (Fsp3) is 0.441. The lowest BCUT2D eigenvalue weighted by Gasteiger charge is -2.69. The maximum Gasteiger partial charge on any atom is 0.394 e. The molecule has 18 heteroatoms. The average molecular weight is 722 g/mol. The van der Waals surface area contributed by atoms with E-state index in [-0.39, 0.29) is 87.0 Å². The van der Waals surface area contributed by atoms with Crippen LogP contribution in [0.15, 0.2) is 46.1 Å². The number of nitrogens with one attached hydrogen (secondary N) is 1. The highest BCUT2D eigenvalue weighted by Gasteiger charge is 2.80. The van der Waals surface area contributed by atoms with Gasteiger partial charge in [-0.25, -0.2) is 9.97 Å². The minimum Gasteiger partial charge on any atom is -0.507 e. The number of anilines is 1. The molecule has 9 rings (SSSR count). The lowest BCUT2D eigenvalue weighted by atomic mass is 9.34. The summed E-state index contributed by atoms with van der Waals surface area (Å²) >= 11 is 0. The predicted molar refractivity (Wildman–Crippen MR) is 178 cm³/mol. The Morgan fingerprint density at radius 3 is 2.54 bits per heavy atom. The summed E-state index contributed by atoms with van der Waals surface area (Å²) in [4.78, 5) is 57.3. The number of benzene rings is 1. The van der Waals surface area contributed by atoms with E-state index in [1.54, 1.807) is 27.7 Å². The first kappa shape index (κ1) is 33.5. The first-order valence-corrected chi connectivity index (χ1v) is 16.9. The number of hydrogen-bond acceptors (Lipinski definition) is 11. The van der Waals surface area contributed by atoms with Crippen LogP contribution >= 0.6 is 0 Å². The predicted octanol–water partition coefficient (Wildman–Crippen LogP) is 3.18. The van der Waals surface area contributed by atoms with Gasteiger partial charge in [-0.1, -0.05) is 6.92 Å². The Balaban J connectivity index is 1.09. The van der Waals surface area contributed by atoms with Crippen molar-refractivity contribution in [3.8, 4) is 23.0 Å². The molecule has 52 heavy (non-hydrogen) atoms.